The molecule has 2 N–H and O–H groups in total. The van der Waals surface area contributed by atoms with Gasteiger partial charge < -0.3 is 10.4 Å². The average molecular weight is 430 g/mol. The van der Waals surface area contributed by atoms with Gasteiger partial charge in [-0.3, -0.25) is 4.79 Å². The standard InChI is InChI=1S/C19H16BrN3O2S/c1-12(26-17-7-5-14(20)6-8-17)19(25)23-15-10-21-18(22-11-15)13-3-2-4-16(24)9-13/h2-12,24H,1H3,(H,23,25). The van der Waals surface area contributed by atoms with Crippen molar-refractivity contribution in [1.29, 1.82) is 0 Å². The van der Waals surface area contributed by atoms with Gasteiger partial charge >= 0.3 is 0 Å². The Bertz CT molecular complexity index is 901. The maximum atomic E-state index is 12.4. The summed E-state index contributed by atoms with van der Waals surface area (Å²) in [5, 5.41) is 12.1. The Morgan fingerprint density at radius 2 is 1.85 bits per heavy atom. The molecule has 1 aromatic heterocycles. The predicted molar refractivity (Wildman–Crippen MR) is 107 cm³/mol. The van der Waals surface area contributed by atoms with Crippen LogP contribution in [0.4, 0.5) is 5.69 Å². The van der Waals surface area contributed by atoms with Crippen molar-refractivity contribution >= 4 is 39.3 Å². The van der Waals surface area contributed by atoms with Gasteiger partial charge in [-0.25, -0.2) is 9.97 Å². The highest BCUT2D eigenvalue weighted by Crippen LogP contribution is 2.26. The fourth-order valence-electron chi connectivity index (χ4n) is 2.20. The first kappa shape index (κ1) is 18.4. The fourth-order valence-corrected chi connectivity index (χ4v) is 3.33. The molecule has 0 spiro atoms. The largest absolute Gasteiger partial charge is 0.508 e. The summed E-state index contributed by atoms with van der Waals surface area (Å²) in [7, 11) is 0. The van der Waals surface area contributed by atoms with Crippen LogP contribution in [-0.4, -0.2) is 26.2 Å². The molecule has 1 unspecified atom stereocenters. The summed E-state index contributed by atoms with van der Waals surface area (Å²) in [6.45, 7) is 1.85. The molecule has 0 aliphatic rings. The molecule has 0 fully saturated rings. The van der Waals surface area contributed by atoms with E-state index < -0.39 is 0 Å². The van der Waals surface area contributed by atoms with Gasteiger partial charge in [-0.1, -0.05) is 28.1 Å². The number of rotatable bonds is 5. The smallest absolute Gasteiger partial charge is 0.237 e. The molecule has 3 aromatic rings. The van der Waals surface area contributed by atoms with Crippen molar-refractivity contribution in [3.63, 3.8) is 0 Å². The lowest BCUT2D eigenvalue weighted by Gasteiger charge is -2.12. The maximum Gasteiger partial charge on any atom is 0.237 e. The molecule has 0 saturated heterocycles. The highest BCUT2D eigenvalue weighted by atomic mass is 79.9. The van der Waals surface area contributed by atoms with Crippen molar-refractivity contribution < 1.29 is 9.90 Å². The fraction of sp³-hybridized carbons (Fsp3) is 0.105. The zero-order valence-corrected chi connectivity index (χ0v) is 16.3. The summed E-state index contributed by atoms with van der Waals surface area (Å²) in [5.41, 5.74) is 1.24. The van der Waals surface area contributed by atoms with Gasteiger partial charge in [-0.05, 0) is 43.3 Å². The van der Waals surface area contributed by atoms with Crippen LogP contribution in [0, 0.1) is 0 Å². The monoisotopic (exact) mass is 429 g/mol. The number of carbonyl (C=O) groups is 1. The first-order valence-corrected chi connectivity index (χ1v) is 9.53. The number of anilines is 1. The number of aromatic hydroxyl groups is 1. The van der Waals surface area contributed by atoms with E-state index in [-0.39, 0.29) is 16.9 Å². The van der Waals surface area contributed by atoms with Crippen molar-refractivity contribution in [3.8, 4) is 17.1 Å². The van der Waals surface area contributed by atoms with Crippen LogP contribution in [0.25, 0.3) is 11.4 Å². The van der Waals surface area contributed by atoms with E-state index >= 15 is 0 Å². The number of nitrogens with one attached hydrogen (secondary N) is 1. The van der Waals surface area contributed by atoms with Gasteiger partial charge in [-0.15, -0.1) is 11.8 Å². The third-order valence-corrected chi connectivity index (χ3v) is 5.16. The number of phenols is 1. The van der Waals surface area contributed by atoms with Gasteiger partial charge in [0, 0.05) is 14.9 Å². The summed E-state index contributed by atoms with van der Waals surface area (Å²) in [5.74, 6) is 0.519. The lowest BCUT2D eigenvalue weighted by Crippen LogP contribution is -2.22. The number of amides is 1. The SMILES string of the molecule is CC(Sc1ccc(Br)cc1)C(=O)Nc1cnc(-c2cccc(O)c2)nc1. The van der Waals surface area contributed by atoms with Crippen molar-refractivity contribution in [1.82, 2.24) is 9.97 Å². The molecule has 26 heavy (non-hydrogen) atoms. The van der Waals surface area contributed by atoms with Crippen LogP contribution in [0.3, 0.4) is 0 Å². The van der Waals surface area contributed by atoms with Gasteiger partial charge in [-0.2, -0.15) is 0 Å². The van der Waals surface area contributed by atoms with Crippen molar-refractivity contribution in [3.05, 3.63) is 65.4 Å². The topological polar surface area (TPSA) is 75.1 Å². The number of thioether (sulfide) groups is 1. The third-order valence-electron chi connectivity index (χ3n) is 3.52. The molecular weight excluding hydrogens is 414 g/mol. The van der Waals surface area contributed by atoms with E-state index in [1.54, 1.807) is 30.6 Å². The van der Waals surface area contributed by atoms with Gasteiger partial charge in [0.2, 0.25) is 5.91 Å². The Hall–Kier alpha value is -2.38. The molecule has 0 aliphatic heterocycles. The second-order valence-electron chi connectivity index (χ2n) is 5.55. The summed E-state index contributed by atoms with van der Waals surface area (Å²) in [6, 6.07) is 14.5. The minimum atomic E-state index is -0.262. The lowest BCUT2D eigenvalue weighted by atomic mass is 10.2. The van der Waals surface area contributed by atoms with Crippen LogP contribution in [0.5, 0.6) is 5.75 Å². The molecule has 0 bridgehead atoms. The number of benzene rings is 2. The molecule has 0 saturated carbocycles. The molecule has 3 rings (SSSR count). The summed E-state index contributed by atoms with van der Waals surface area (Å²) in [4.78, 5) is 21.9. The maximum absolute atomic E-state index is 12.4. The molecule has 7 heteroatoms. The van der Waals surface area contributed by atoms with Crippen LogP contribution in [0.2, 0.25) is 0 Å². The first-order chi connectivity index (χ1) is 12.5. The number of hydrogen-bond acceptors (Lipinski definition) is 5. The molecule has 1 amide bonds. The number of nitrogens with zero attached hydrogens (tertiary/aromatic N) is 2. The molecule has 132 valence electrons. The van der Waals surface area contributed by atoms with Crippen LogP contribution >= 0.6 is 27.7 Å². The van der Waals surface area contributed by atoms with Gasteiger partial charge in [0.1, 0.15) is 5.75 Å². The number of halogens is 1. The molecule has 0 aliphatic carbocycles. The zero-order chi connectivity index (χ0) is 18.5. The Morgan fingerprint density at radius 1 is 1.15 bits per heavy atom. The summed E-state index contributed by atoms with van der Waals surface area (Å²) in [6.07, 6.45) is 3.11. The van der Waals surface area contributed by atoms with Gasteiger partial charge in [0.05, 0.1) is 23.3 Å². The molecule has 5 nitrogen and oxygen atoms in total. The summed E-state index contributed by atoms with van der Waals surface area (Å²) < 4.78 is 1.00. The van der Waals surface area contributed by atoms with Crippen LogP contribution in [0.1, 0.15) is 6.92 Å². The van der Waals surface area contributed by atoms with Crippen LogP contribution in [-0.2, 0) is 4.79 Å². The number of phenolic OH excluding ortho intramolecular Hbond substituents is 1. The van der Waals surface area contributed by atoms with E-state index in [2.05, 4.69) is 31.2 Å². The second kappa shape index (κ2) is 8.33. The molecule has 1 heterocycles. The van der Waals surface area contributed by atoms with Crippen LogP contribution in [0.15, 0.2) is 70.3 Å². The Kier molecular flexibility index (Phi) is 5.90. The number of carbonyl (C=O) groups excluding carboxylic acids is 1. The summed E-state index contributed by atoms with van der Waals surface area (Å²) >= 11 is 4.87. The Labute approximate surface area is 164 Å². The molecule has 1 atom stereocenters. The van der Waals surface area contributed by atoms with E-state index in [0.29, 0.717) is 17.1 Å². The highest BCUT2D eigenvalue weighted by Gasteiger charge is 2.15. The third kappa shape index (κ3) is 4.83. The van der Waals surface area contributed by atoms with Gasteiger partial charge in [0.25, 0.3) is 0 Å². The van der Waals surface area contributed by atoms with E-state index in [1.807, 2.05) is 37.3 Å². The number of aromatic nitrogens is 2. The second-order valence-corrected chi connectivity index (χ2v) is 7.88. The van der Waals surface area contributed by atoms with Crippen LogP contribution < -0.4 is 5.32 Å². The predicted octanol–water partition coefficient (Wildman–Crippen LogP) is 4.73. The first-order valence-electron chi connectivity index (χ1n) is 7.86. The van der Waals surface area contributed by atoms with Gasteiger partial charge in [0.15, 0.2) is 5.82 Å². The van der Waals surface area contributed by atoms with E-state index in [1.165, 1.54) is 11.8 Å². The van der Waals surface area contributed by atoms with Crippen molar-refractivity contribution in [2.75, 3.05) is 5.32 Å². The highest BCUT2D eigenvalue weighted by molar-refractivity contribution is 9.10. The van der Waals surface area contributed by atoms with E-state index in [0.717, 1.165) is 9.37 Å². The van der Waals surface area contributed by atoms with E-state index in [4.69, 9.17) is 0 Å². The zero-order valence-electron chi connectivity index (χ0n) is 13.9. The number of hydrogen-bond donors (Lipinski definition) is 2. The quantitative estimate of drug-likeness (QED) is 0.573. The molecule has 0 radical (unpaired) electrons. The van der Waals surface area contributed by atoms with Crippen molar-refractivity contribution in [2.24, 2.45) is 0 Å². The molecule has 2 aromatic carbocycles. The van der Waals surface area contributed by atoms with E-state index in [9.17, 15) is 9.90 Å². The normalized spacial score (nSPS) is 11.8. The van der Waals surface area contributed by atoms with Crippen molar-refractivity contribution in [2.45, 2.75) is 17.1 Å². The average Bonchev–Trinajstić information content (AvgIpc) is 2.64. The lowest BCUT2D eigenvalue weighted by molar-refractivity contribution is -0.115. The molecular formula is C19H16BrN3O2S. The Morgan fingerprint density at radius 3 is 2.50 bits per heavy atom. The Balaban J connectivity index is 1.62. The minimum Gasteiger partial charge on any atom is -0.508 e. The minimum absolute atomic E-state index is 0.119.